The molecule has 0 aromatic heterocycles. The molecule has 1 rings (SSSR count). The molecule has 0 spiro atoms. The summed E-state index contributed by atoms with van der Waals surface area (Å²) in [5.74, 6) is 0.601. The van der Waals surface area contributed by atoms with E-state index in [0.29, 0.717) is 11.0 Å². The van der Waals surface area contributed by atoms with E-state index in [-0.39, 0.29) is 18.3 Å². The standard InChI is InChI=1S/C10H23NO6P2S.H2O/c11-10(18(12,13)14,19(15,16)17)7-4-8-20-9-5-2-1-3-6-9;/h9H,1-8,11H2,(H2,12,13,14)(H2,15,16,17);1H2. The maximum atomic E-state index is 11.3. The van der Waals surface area contributed by atoms with Crippen LogP contribution >= 0.6 is 27.0 Å². The molecule has 8 nitrogen and oxygen atoms in total. The molecule has 1 aliphatic rings. The van der Waals surface area contributed by atoms with E-state index in [2.05, 4.69) is 0 Å². The summed E-state index contributed by atoms with van der Waals surface area (Å²) in [6.45, 7) is 0. The molecule has 0 bridgehead atoms. The Labute approximate surface area is 128 Å². The molecule has 8 N–H and O–H groups in total. The minimum atomic E-state index is -5.08. The third-order valence-electron chi connectivity index (χ3n) is 3.60. The van der Waals surface area contributed by atoms with Gasteiger partial charge < -0.3 is 30.8 Å². The minimum absolute atomic E-state index is 0. The van der Waals surface area contributed by atoms with Crippen LogP contribution in [0.5, 0.6) is 0 Å². The van der Waals surface area contributed by atoms with Crippen molar-refractivity contribution in [1.82, 2.24) is 0 Å². The molecule has 1 saturated carbocycles. The molecule has 11 heteroatoms. The van der Waals surface area contributed by atoms with Crippen LogP contribution in [0.4, 0.5) is 0 Å². The van der Waals surface area contributed by atoms with E-state index in [4.69, 9.17) is 25.3 Å². The molecule has 128 valence electrons. The van der Waals surface area contributed by atoms with Gasteiger partial charge in [-0.2, -0.15) is 11.8 Å². The first kappa shape index (κ1) is 21.6. The highest BCUT2D eigenvalue weighted by Gasteiger charge is 2.56. The van der Waals surface area contributed by atoms with Crippen molar-refractivity contribution >= 4 is 27.0 Å². The average molecular weight is 365 g/mol. The van der Waals surface area contributed by atoms with Gasteiger partial charge in [0.15, 0.2) is 0 Å². The highest BCUT2D eigenvalue weighted by atomic mass is 32.2. The van der Waals surface area contributed by atoms with Crippen LogP contribution in [0.25, 0.3) is 0 Å². The van der Waals surface area contributed by atoms with Crippen LogP contribution in [0.1, 0.15) is 44.9 Å². The lowest BCUT2D eigenvalue weighted by Crippen LogP contribution is -2.39. The van der Waals surface area contributed by atoms with Crippen molar-refractivity contribution in [1.29, 1.82) is 0 Å². The zero-order valence-electron chi connectivity index (χ0n) is 11.7. The van der Waals surface area contributed by atoms with E-state index in [1.165, 1.54) is 19.3 Å². The van der Waals surface area contributed by atoms with Gasteiger partial charge in [-0.05, 0) is 31.4 Å². The van der Waals surface area contributed by atoms with E-state index in [1.54, 1.807) is 11.8 Å². The summed E-state index contributed by atoms with van der Waals surface area (Å²) in [6.07, 6.45) is 5.80. The SMILES string of the molecule is NC(CCCSC1CCCCC1)(P(=O)(O)O)P(=O)(O)O.O. The summed E-state index contributed by atoms with van der Waals surface area (Å²) in [5, 5.41) is -2.21. The van der Waals surface area contributed by atoms with Crippen LogP contribution in [0.15, 0.2) is 0 Å². The third-order valence-corrected chi connectivity index (χ3v) is 9.10. The van der Waals surface area contributed by atoms with Crippen LogP contribution in [0, 0.1) is 0 Å². The van der Waals surface area contributed by atoms with Crippen molar-refractivity contribution in [3.63, 3.8) is 0 Å². The van der Waals surface area contributed by atoms with Crippen molar-refractivity contribution in [2.24, 2.45) is 5.73 Å². The highest BCUT2D eigenvalue weighted by molar-refractivity contribution is 7.99. The molecular formula is C10H25NO7P2S. The molecule has 1 aliphatic carbocycles. The van der Waals surface area contributed by atoms with E-state index >= 15 is 0 Å². The summed E-state index contributed by atoms with van der Waals surface area (Å²) in [6, 6.07) is 0. The Morgan fingerprint density at radius 2 is 1.52 bits per heavy atom. The zero-order chi connectivity index (χ0) is 15.4. The number of nitrogens with two attached hydrogens (primary N) is 1. The molecule has 0 saturated heterocycles. The minimum Gasteiger partial charge on any atom is -0.412 e. The first-order valence-electron chi connectivity index (χ1n) is 6.60. The molecule has 0 unspecified atom stereocenters. The second-order valence-electron chi connectivity index (χ2n) is 5.20. The average Bonchev–Trinajstić information content (AvgIpc) is 2.33. The van der Waals surface area contributed by atoms with Gasteiger partial charge in [0.25, 0.3) is 0 Å². The van der Waals surface area contributed by atoms with Crippen molar-refractivity contribution in [2.75, 3.05) is 5.75 Å². The Bertz CT molecular complexity index is 382. The van der Waals surface area contributed by atoms with Crippen LogP contribution < -0.4 is 5.73 Å². The predicted molar refractivity (Wildman–Crippen MR) is 83.2 cm³/mol. The summed E-state index contributed by atoms with van der Waals surface area (Å²) in [7, 11) is -10.2. The predicted octanol–water partition coefficient (Wildman–Crippen LogP) is 0.976. The molecule has 0 atom stereocenters. The molecule has 0 aromatic carbocycles. The molecular weight excluding hydrogens is 340 g/mol. The largest absolute Gasteiger partial charge is 0.412 e. The lowest BCUT2D eigenvalue weighted by atomic mass is 10.0. The number of rotatable bonds is 7. The summed E-state index contributed by atoms with van der Waals surface area (Å²) < 4.78 is 22.5. The van der Waals surface area contributed by atoms with Gasteiger partial charge >= 0.3 is 15.2 Å². The van der Waals surface area contributed by atoms with E-state index in [1.807, 2.05) is 0 Å². The van der Waals surface area contributed by atoms with E-state index in [9.17, 15) is 9.13 Å². The third kappa shape index (κ3) is 5.94. The molecule has 0 aromatic rings. The van der Waals surface area contributed by atoms with Gasteiger partial charge in [-0.3, -0.25) is 9.13 Å². The lowest BCUT2D eigenvalue weighted by Gasteiger charge is -2.30. The Morgan fingerprint density at radius 1 is 1.05 bits per heavy atom. The Morgan fingerprint density at radius 3 is 1.95 bits per heavy atom. The smallest absolute Gasteiger partial charge is 0.357 e. The summed E-state index contributed by atoms with van der Waals surface area (Å²) >= 11 is 1.70. The quantitative estimate of drug-likeness (QED) is 0.328. The Balaban J connectivity index is 0.00000400. The molecule has 0 heterocycles. The van der Waals surface area contributed by atoms with E-state index < -0.39 is 20.2 Å². The van der Waals surface area contributed by atoms with Crippen LogP contribution in [0.3, 0.4) is 0 Å². The van der Waals surface area contributed by atoms with Crippen LogP contribution in [-0.4, -0.2) is 41.1 Å². The van der Waals surface area contributed by atoms with Gasteiger partial charge in [0.2, 0.25) is 5.02 Å². The lowest BCUT2D eigenvalue weighted by molar-refractivity contribution is 0.302. The normalized spacial score (nSPS) is 18.3. The van der Waals surface area contributed by atoms with Crippen molar-refractivity contribution < 1.29 is 34.2 Å². The Kier molecular flexibility index (Phi) is 8.66. The Hall–Kier alpha value is 0.570. The number of hydrogen-bond donors (Lipinski definition) is 5. The van der Waals surface area contributed by atoms with Gasteiger partial charge in [-0.15, -0.1) is 0 Å². The van der Waals surface area contributed by atoms with Gasteiger partial charge in [-0.25, -0.2) is 0 Å². The van der Waals surface area contributed by atoms with Crippen molar-refractivity contribution in [2.45, 2.75) is 55.2 Å². The first-order valence-corrected chi connectivity index (χ1v) is 10.9. The monoisotopic (exact) mass is 365 g/mol. The van der Waals surface area contributed by atoms with Crippen molar-refractivity contribution in [3.05, 3.63) is 0 Å². The van der Waals surface area contributed by atoms with Crippen molar-refractivity contribution in [3.8, 4) is 0 Å². The molecule has 21 heavy (non-hydrogen) atoms. The fourth-order valence-corrected chi connectivity index (χ4v) is 5.84. The maximum absolute atomic E-state index is 11.3. The highest BCUT2D eigenvalue weighted by Crippen LogP contribution is 2.67. The summed E-state index contributed by atoms with van der Waals surface area (Å²) in [5.41, 5.74) is 5.34. The van der Waals surface area contributed by atoms with Crippen LogP contribution in [-0.2, 0) is 9.13 Å². The van der Waals surface area contributed by atoms with E-state index in [0.717, 1.165) is 12.8 Å². The fraction of sp³-hybridized carbons (Fsp3) is 1.00. The van der Waals surface area contributed by atoms with Gasteiger partial charge in [0.05, 0.1) is 0 Å². The molecule has 0 aliphatic heterocycles. The van der Waals surface area contributed by atoms with Gasteiger partial charge in [0, 0.05) is 5.25 Å². The molecule has 0 amide bonds. The molecule has 1 fully saturated rings. The maximum Gasteiger partial charge on any atom is 0.357 e. The zero-order valence-corrected chi connectivity index (χ0v) is 14.3. The summed E-state index contributed by atoms with van der Waals surface area (Å²) in [4.78, 5) is 36.4. The molecule has 0 radical (unpaired) electrons. The van der Waals surface area contributed by atoms with Crippen LogP contribution in [0.2, 0.25) is 0 Å². The second kappa shape index (κ2) is 8.43. The van der Waals surface area contributed by atoms with Gasteiger partial charge in [0.1, 0.15) is 0 Å². The fourth-order valence-electron chi connectivity index (χ4n) is 2.28. The topological polar surface area (TPSA) is 173 Å². The first-order chi connectivity index (χ1) is 9.08. The second-order valence-corrected chi connectivity index (χ2v) is 10.7. The number of thioether (sulfide) groups is 1. The number of hydrogen-bond acceptors (Lipinski definition) is 4. The van der Waals surface area contributed by atoms with Gasteiger partial charge in [-0.1, -0.05) is 19.3 Å².